The van der Waals surface area contributed by atoms with Crippen LogP contribution in [-0.2, 0) is 14.3 Å². The minimum Gasteiger partial charge on any atom is -0.469 e. The Balaban J connectivity index is 2.94. The smallest absolute Gasteiger partial charge is 0.313 e. The zero-order chi connectivity index (χ0) is 13.1. The number of allylic oxidation sites excluding steroid dienone is 2. The number of Topliss-reactive ketones (excluding diaryl/α,β-unsaturated/α-hetero) is 1. The summed E-state index contributed by atoms with van der Waals surface area (Å²) in [6.07, 6.45) is 5.31. The summed E-state index contributed by atoms with van der Waals surface area (Å²) in [6.45, 7) is 9.48. The first-order valence-electron chi connectivity index (χ1n) is 5.85. The van der Waals surface area contributed by atoms with Crippen LogP contribution in [0.4, 0.5) is 0 Å². The highest BCUT2D eigenvalue weighted by atomic mass is 16.5. The van der Waals surface area contributed by atoms with E-state index in [2.05, 4.69) is 17.9 Å². The standard InChI is InChI=1S/C14H20O3/c1-5-10-7-8-11(6-2)14(10,3)12(15)9-13(16)17-4/h5-6,10-11H,1-2,7-9H2,3-4H3/t10-,11+,14?. The van der Waals surface area contributed by atoms with Gasteiger partial charge in [-0.25, -0.2) is 0 Å². The Morgan fingerprint density at radius 1 is 1.29 bits per heavy atom. The van der Waals surface area contributed by atoms with E-state index in [9.17, 15) is 9.59 Å². The molecule has 0 aliphatic heterocycles. The highest BCUT2D eigenvalue weighted by Crippen LogP contribution is 2.50. The first-order valence-corrected chi connectivity index (χ1v) is 5.85. The lowest BCUT2D eigenvalue weighted by Crippen LogP contribution is -2.37. The number of hydrogen-bond acceptors (Lipinski definition) is 3. The van der Waals surface area contributed by atoms with Gasteiger partial charge in [-0.2, -0.15) is 0 Å². The van der Waals surface area contributed by atoms with Crippen LogP contribution in [0.2, 0.25) is 0 Å². The second-order valence-corrected chi connectivity index (χ2v) is 4.72. The van der Waals surface area contributed by atoms with Gasteiger partial charge in [0.05, 0.1) is 7.11 Å². The molecule has 0 radical (unpaired) electrons. The average Bonchev–Trinajstić information content (AvgIpc) is 2.66. The minimum atomic E-state index is -0.558. The van der Waals surface area contributed by atoms with Crippen LogP contribution < -0.4 is 0 Å². The van der Waals surface area contributed by atoms with Crippen molar-refractivity contribution < 1.29 is 14.3 Å². The van der Waals surface area contributed by atoms with E-state index in [0.717, 1.165) is 12.8 Å². The van der Waals surface area contributed by atoms with E-state index in [-0.39, 0.29) is 24.0 Å². The largest absolute Gasteiger partial charge is 0.469 e. The summed E-state index contributed by atoms with van der Waals surface area (Å²) in [4.78, 5) is 23.5. The molecule has 0 aromatic heterocycles. The molecule has 1 aliphatic rings. The van der Waals surface area contributed by atoms with E-state index in [1.165, 1.54) is 7.11 Å². The Bertz CT molecular complexity index is 327. The third-order valence-corrected chi connectivity index (χ3v) is 4.03. The van der Waals surface area contributed by atoms with E-state index in [0.29, 0.717) is 0 Å². The molecule has 1 saturated carbocycles. The molecule has 0 aromatic carbocycles. The lowest BCUT2D eigenvalue weighted by molar-refractivity contribution is -0.146. The van der Waals surface area contributed by atoms with Gasteiger partial charge in [-0.15, -0.1) is 13.2 Å². The van der Waals surface area contributed by atoms with Gasteiger partial charge in [0, 0.05) is 5.41 Å². The number of esters is 1. The van der Waals surface area contributed by atoms with Crippen molar-refractivity contribution in [3.8, 4) is 0 Å². The van der Waals surface area contributed by atoms with E-state index >= 15 is 0 Å². The molecular formula is C14H20O3. The summed E-state index contributed by atoms with van der Waals surface area (Å²) in [5.41, 5.74) is -0.558. The SMILES string of the molecule is C=C[C@@H]1CC[C@H](C=C)C1(C)C(=O)CC(=O)OC. The van der Waals surface area contributed by atoms with Crippen molar-refractivity contribution in [3.63, 3.8) is 0 Å². The summed E-state index contributed by atoms with van der Waals surface area (Å²) >= 11 is 0. The van der Waals surface area contributed by atoms with E-state index in [1.54, 1.807) is 0 Å². The van der Waals surface area contributed by atoms with Gasteiger partial charge in [0.25, 0.3) is 0 Å². The van der Waals surface area contributed by atoms with Crippen LogP contribution >= 0.6 is 0 Å². The normalized spacial score (nSPS) is 31.9. The Morgan fingerprint density at radius 2 is 1.76 bits per heavy atom. The monoisotopic (exact) mass is 236 g/mol. The van der Waals surface area contributed by atoms with Gasteiger partial charge in [0.2, 0.25) is 0 Å². The third kappa shape index (κ3) is 2.33. The molecule has 0 bridgehead atoms. The Labute approximate surface area is 103 Å². The van der Waals surface area contributed by atoms with Crippen molar-refractivity contribution in [2.75, 3.05) is 7.11 Å². The van der Waals surface area contributed by atoms with E-state index in [4.69, 9.17) is 0 Å². The molecule has 17 heavy (non-hydrogen) atoms. The Morgan fingerprint density at radius 3 is 2.12 bits per heavy atom. The van der Waals surface area contributed by atoms with Crippen LogP contribution in [0.5, 0.6) is 0 Å². The van der Waals surface area contributed by atoms with Crippen LogP contribution in [0.3, 0.4) is 0 Å². The number of carbonyl (C=O) groups is 2. The minimum absolute atomic E-state index is 0.0725. The molecule has 0 aromatic rings. The second-order valence-electron chi connectivity index (χ2n) is 4.72. The lowest BCUT2D eigenvalue weighted by atomic mass is 9.69. The molecule has 94 valence electrons. The number of carbonyl (C=O) groups excluding carboxylic acids is 2. The Hall–Kier alpha value is -1.38. The highest BCUT2D eigenvalue weighted by molar-refractivity contribution is 5.99. The van der Waals surface area contributed by atoms with Gasteiger partial charge < -0.3 is 4.74 Å². The summed E-state index contributed by atoms with van der Waals surface area (Å²) in [5, 5.41) is 0. The number of hydrogen-bond donors (Lipinski definition) is 0. The molecule has 3 heteroatoms. The van der Waals surface area contributed by atoms with Gasteiger partial charge in [0.1, 0.15) is 6.42 Å². The van der Waals surface area contributed by atoms with E-state index in [1.807, 2.05) is 19.1 Å². The van der Waals surface area contributed by atoms with Gasteiger partial charge in [-0.3, -0.25) is 9.59 Å². The van der Waals surface area contributed by atoms with Crippen molar-refractivity contribution in [1.82, 2.24) is 0 Å². The number of rotatable bonds is 5. The molecule has 3 nitrogen and oxygen atoms in total. The number of methoxy groups -OCH3 is 1. The molecular weight excluding hydrogens is 216 g/mol. The molecule has 0 amide bonds. The van der Waals surface area contributed by atoms with Gasteiger partial charge in [-0.1, -0.05) is 19.1 Å². The van der Waals surface area contributed by atoms with Gasteiger partial charge in [0.15, 0.2) is 5.78 Å². The third-order valence-electron chi connectivity index (χ3n) is 4.03. The predicted molar refractivity (Wildman–Crippen MR) is 66.4 cm³/mol. The maximum atomic E-state index is 12.3. The van der Waals surface area contributed by atoms with Crippen molar-refractivity contribution in [1.29, 1.82) is 0 Å². The molecule has 1 rings (SSSR count). The van der Waals surface area contributed by atoms with Crippen molar-refractivity contribution in [3.05, 3.63) is 25.3 Å². The fourth-order valence-electron chi connectivity index (χ4n) is 2.77. The molecule has 1 aliphatic carbocycles. The zero-order valence-corrected chi connectivity index (χ0v) is 10.6. The quantitative estimate of drug-likeness (QED) is 0.418. The highest BCUT2D eigenvalue weighted by Gasteiger charge is 2.49. The number of ketones is 1. The van der Waals surface area contributed by atoms with Crippen molar-refractivity contribution in [2.24, 2.45) is 17.3 Å². The van der Waals surface area contributed by atoms with Gasteiger partial charge >= 0.3 is 5.97 Å². The Kier molecular flexibility index (Phi) is 4.27. The molecule has 1 fully saturated rings. The van der Waals surface area contributed by atoms with Crippen molar-refractivity contribution >= 4 is 11.8 Å². The zero-order valence-electron chi connectivity index (χ0n) is 10.6. The summed E-state index contributed by atoms with van der Waals surface area (Å²) in [7, 11) is 1.29. The fraction of sp³-hybridized carbons (Fsp3) is 0.571. The number of ether oxygens (including phenoxy) is 1. The average molecular weight is 236 g/mol. The molecule has 0 spiro atoms. The predicted octanol–water partition coefficient (Wildman–Crippen LogP) is 2.52. The summed E-state index contributed by atoms with van der Waals surface area (Å²) < 4.78 is 4.55. The fourth-order valence-corrected chi connectivity index (χ4v) is 2.77. The first-order chi connectivity index (χ1) is 8.00. The molecule has 0 saturated heterocycles. The topological polar surface area (TPSA) is 43.4 Å². The van der Waals surface area contributed by atoms with Crippen LogP contribution in [0.25, 0.3) is 0 Å². The van der Waals surface area contributed by atoms with Crippen LogP contribution in [0.1, 0.15) is 26.2 Å². The van der Waals surface area contributed by atoms with Crippen LogP contribution in [0, 0.1) is 17.3 Å². The van der Waals surface area contributed by atoms with Gasteiger partial charge in [-0.05, 0) is 24.7 Å². The first kappa shape index (κ1) is 13.7. The van der Waals surface area contributed by atoms with E-state index < -0.39 is 11.4 Å². The molecule has 0 N–H and O–H groups in total. The summed E-state index contributed by atoms with van der Waals surface area (Å²) in [5.74, 6) is -0.323. The summed E-state index contributed by atoms with van der Waals surface area (Å²) in [6, 6.07) is 0. The van der Waals surface area contributed by atoms with Crippen LogP contribution in [0.15, 0.2) is 25.3 Å². The second kappa shape index (κ2) is 5.30. The molecule has 3 atom stereocenters. The van der Waals surface area contributed by atoms with Crippen molar-refractivity contribution in [2.45, 2.75) is 26.2 Å². The maximum absolute atomic E-state index is 12.3. The lowest BCUT2D eigenvalue weighted by Gasteiger charge is -2.32. The van der Waals surface area contributed by atoms with Crippen LogP contribution in [-0.4, -0.2) is 18.9 Å². The maximum Gasteiger partial charge on any atom is 0.313 e. The molecule has 0 heterocycles. The molecule has 1 unspecified atom stereocenters.